The Morgan fingerprint density at radius 3 is 1.96 bits per heavy atom. The van der Waals surface area contributed by atoms with Gasteiger partial charge in [-0.2, -0.15) is 0 Å². The molecule has 0 aliphatic rings. The van der Waals surface area contributed by atoms with E-state index in [9.17, 15) is 14.4 Å². The molecule has 0 amide bonds. The first kappa shape index (κ1) is 21.8. The van der Waals surface area contributed by atoms with Crippen LogP contribution in [0.15, 0.2) is 0 Å². The molecule has 0 radical (unpaired) electrons. The molecule has 0 fully saturated rings. The first-order valence-corrected chi connectivity index (χ1v) is 8.91. The molecule has 0 saturated carbocycles. The van der Waals surface area contributed by atoms with Crippen molar-refractivity contribution in [3.05, 3.63) is 0 Å². The number of carbonyl (C=O) groups is 3. The smallest absolute Gasteiger partial charge is 0.306 e. The highest BCUT2D eigenvalue weighted by Gasteiger charge is 2.22. The highest BCUT2D eigenvalue weighted by molar-refractivity contribution is 5.87. The molecular formula is C19H34O4. The third-order valence-electron chi connectivity index (χ3n) is 3.77. The van der Waals surface area contributed by atoms with Gasteiger partial charge in [-0.25, -0.2) is 0 Å². The van der Waals surface area contributed by atoms with Crippen molar-refractivity contribution in [2.24, 2.45) is 5.92 Å². The molecule has 0 aromatic rings. The summed E-state index contributed by atoms with van der Waals surface area (Å²) in [5.74, 6) is 0.404. The fraction of sp³-hybridized carbons (Fsp3) is 0.842. The number of rotatable bonds is 13. The van der Waals surface area contributed by atoms with Gasteiger partial charge in [0.1, 0.15) is 17.2 Å². The SMILES string of the molecule is CCCC(=O)CCC(=O)CCC(=O)OC(C)(C)CCCC(C)C. The quantitative estimate of drug-likeness (QED) is 0.463. The zero-order chi connectivity index (χ0) is 17.9. The van der Waals surface area contributed by atoms with Crippen molar-refractivity contribution >= 4 is 17.5 Å². The first-order valence-electron chi connectivity index (χ1n) is 8.91. The number of ketones is 2. The second kappa shape index (κ2) is 11.4. The Morgan fingerprint density at radius 1 is 0.913 bits per heavy atom. The Labute approximate surface area is 141 Å². The summed E-state index contributed by atoms with van der Waals surface area (Å²) in [6.45, 7) is 10.1. The van der Waals surface area contributed by atoms with Gasteiger partial charge in [-0.05, 0) is 39.0 Å². The summed E-state index contributed by atoms with van der Waals surface area (Å²) in [5.41, 5.74) is -0.480. The standard InChI is InChI=1S/C19H34O4/c1-6-8-16(20)10-11-17(21)12-13-18(22)23-19(4,5)14-7-9-15(2)3/h15H,6-14H2,1-5H3. The van der Waals surface area contributed by atoms with Crippen LogP contribution in [0, 0.1) is 5.92 Å². The fourth-order valence-corrected chi connectivity index (χ4v) is 2.40. The summed E-state index contributed by atoms with van der Waals surface area (Å²) in [6, 6.07) is 0. The van der Waals surface area contributed by atoms with E-state index in [1.54, 1.807) is 0 Å². The van der Waals surface area contributed by atoms with Crippen LogP contribution in [-0.2, 0) is 19.1 Å². The molecule has 0 aliphatic carbocycles. The minimum Gasteiger partial charge on any atom is -0.460 e. The topological polar surface area (TPSA) is 60.4 Å². The van der Waals surface area contributed by atoms with Crippen LogP contribution in [0.2, 0.25) is 0 Å². The average molecular weight is 326 g/mol. The Kier molecular flexibility index (Phi) is 10.8. The van der Waals surface area contributed by atoms with Crippen molar-refractivity contribution in [2.45, 2.75) is 98.0 Å². The molecule has 0 saturated heterocycles. The molecule has 23 heavy (non-hydrogen) atoms. The minimum absolute atomic E-state index is 0.0379. The van der Waals surface area contributed by atoms with E-state index in [1.165, 1.54) is 0 Å². The van der Waals surface area contributed by atoms with Gasteiger partial charge in [-0.3, -0.25) is 14.4 Å². The maximum absolute atomic E-state index is 11.9. The molecule has 0 aromatic heterocycles. The number of Topliss-reactive ketones (excluding diaryl/α,β-unsaturated/α-hetero) is 2. The van der Waals surface area contributed by atoms with Gasteiger partial charge >= 0.3 is 5.97 Å². The fourth-order valence-electron chi connectivity index (χ4n) is 2.40. The zero-order valence-corrected chi connectivity index (χ0v) is 15.6. The molecule has 0 N–H and O–H groups in total. The molecule has 134 valence electrons. The van der Waals surface area contributed by atoms with Crippen molar-refractivity contribution in [1.82, 2.24) is 0 Å². The predicted octanol–water partition coefficient (Wildman–Crippen LogP) is 4.63. The van der Waals surface area contributed by atoms with Gasteiger partial charge in [-0.15, -0.1) is 0 Å². The average Bonchev–Trinajstić information content (AvgIpc) is 2.42. The van der Waals surface area contributed by atoms with Gasteiger partial charge in [0.15, 0.2) is 0 Å². The van der Waals surface area contributed by atoms with E-state index in [0.717, 1.165) is 25.7 Å². The molecule has 0 bridgehead atoms. The van der Waals surface area contributed by atoms with Crippen molar-refractivity contribution in [1.29, 1.82) is 0 Å². The van der Waals surface area contributed by atoms with Crippen molar-refractivity contribution < 1.29 is 19.1 Å². The lowest BCUT2D eigenvalue weighted by Crippen LogP contribution is -2.28. The Morgan fingerprint density at radius 2 is 1.43 bits per heavy atom. The van der Waals surface area contributed by atoms with Gasteiger partial charge < -0.3 is 4.74 Å². The van der Waals surface area contributed by atoms with E-state index < -0.39 is 5.60 Å². The third-order valence-corrected chi connectivity index (χ3v) is 3.77. The summed E-state index contributed by atoms with van der Waals surface area (Å²) in [7, 11) is 0. The molecule has 4 nitrogen and oxygen atoms in total. The van der Waals surface area contributed by atoms with E-state index in [-0.39, 0.29) is 36.8 Å². The lowest BCUT2D eigenvalue weighted by atomic mass is 9.97. The molecule has 0 aliphatic heterocycles. The van der Waals surface area contributed by atoms with E-state index in [2.05, 4.69) is 13.8 Å². The molecule has 0 unspecified atom stereocenters. The minimum atomic E-state index is -0.480. The van der Waals surface area contributed by atoms with Crippen LogP contribution < -0.4 is 0 Å². The maximum Gasteiger partial charge on any atom is 0.306 e. The number of carbonyl (C=O) groups excluding carboxylic acids is 3. The van der Waals surface area contributed by atoms with E-state index in [1.807, 2.05) is 20.8 Å². The van der Waals surface area contributed by atoms with Crippen molar-refractivity contribution in [3.8, 4) is 0 Å². The summed E-state index contributed by atoms with van der Waals surface area (Å²) < 4.78 is 5.48. The Bertz CT molecular complexity index is 383. The molecular weight excluding hydrogens is 292 g/mol. The van der Waals surface area contributed by atoms with Crippen LogP contribution >= 0.6 is 0 Å². The molecule has 4 heteroatoms. The largest absolute Gasteiger partial charge is 0.460 e. The number of hydrogen-bond acceptors (Lipinski definition) is 4. The maximum atomic E-state index is 11.9. The van der Waals surface area contributed by atoms with Crippen molar-refractivity contribution in [2.75, 3.05) is 0 Å². The van der Waals surface area contributed by atoms with Gasteiger partial charge in [0.05, 0.1) is 6.42 Å². The van der Waals surface area contributed by atoms with Crippen molar-refractivity contribution in [3.63, 3.8) is 0 Å². The monoisotopic (exact) mass is 326 g/mol. The zero-order valence-electron chi connectivity index (χ0n) is 15.6. The van der Waals surface area contributed by atoms with E-state index in [0.29, 0.717) is 18.8 Å². The van der Waals surface area contributed by atoms with E-state index >= 15 is 0 Å². The summed E-state index contributed by atoms with van der Waals surface area (Å²) in [6.07, 6.45) is 5.12. The highest BCUT2D eigenvalue weighted by Crippen LogP contribution is 2.21. The first-order chi connectivity index (χ1) is 10.7. The number of ether oxygens (including phenoxy) is 1. The molecule has 0 heterocycles. The summed E-state index contributed by atoms with van der Waals surface area (Å²) >= 11 is 0. The van der Waals surface area contributed by atoms with Crippen LogP contribution in [0.4, 0.5) is 0 Å². The molecule has 0 aromatic carbocycles. The highest BCUT2D eigenvalue weighted by atomic mass is 16.6. The second-order valence-electron chi connectivity index (χ2n) is 7.35. The number of hydrogen-bond donors (Lipinski definition) is 0. The van der Waals surface area contributed by atoms with Crippen LogP contribution in [0.3, 0.4) is 0 Å². The lowest BCUT2D eigenvalue weighted by Gasteiger charge is -2.25. The van der Waals surface area contributed by atoms with Crippen LogP contribution in [0.25, 0.3) is 0 Å². The normalized spacial score (nSPS) is 11.6. The Hall–Kier alpha value is -1.19. The van der Waals surface area contributed by atoms with E-state index in [4.69, 9.17) is 4.74 Å². The Balaban J connectivity index is 3.95. The molecule has 0 atom stereocenters. The van der Waals surface area contributed by atoms with Crippen LogP contribution in [0.1, 0.15) is 92.4 Å². The molecule has 0 spiro atoms. The predicted molar refractivity (Wildman–Crippen MR) is 92.3 cm³/mol. The summed E-state index contributed by atoms with van der Waals surface area (Å²) in [4.78, 5) is 34.9. The van der Waals surface area contributed by atoms with Crippen LogP contribution in [-0.4, -0.2) is 23.1 Å². The second-order valence-corrected chi connectivity index (χ2v) is 7.35. The van der Waals surface area contributed by atoms with Gasteiger partial charge in [0.25, 0.3) is 0 Å². The third kappa shape index (κ3) is 13.0. The van der Waals surface area contributed by atoms with Gasteiger partial charge in [0, 0.05) is 25.7 Å². The molecule has 0 rings (SSSR count). The summed E-state index contributed by atoms with van der Waals surface area (Å²) in [5, 5.41) is 0. The van der Waals surface area contributed by atoms with Crippen LogP contribution in [0.5, 0.6) is 0 Å². The number of esters is 1. The van der Waals surface area contributed by atoms with Gasteiger partial charge in [0.2, 0.25) is 0 Å². The van der Waals surface area contributed by atoms with Gasteiger partial charge in [-0.1, -0.05) is 27.2 Å². The lowest BCUT2D eigenvalue weighted by molar-refractivity contribution is -0.157.